The van der Waals surface area contributed by atoms with Gasteiger partial charge in [-0.05, 0) is 31.5 Å². The Morgan fingerprint density at radius 2 is 2.12 bits per heavy atom. The number of aryl methyl sites for hydroxylation is 1. The highest BCUT2D eigenvalue weighted by molar-refractivity contribution is 7.14. The molecule has 3 nitrogen and oxygen atoms in total. The van der Waals surface area contributed by atoms with Crippen LogP contribution in [0.15, 0.2) is 24.5 Å². The Morgan fingerprint density at radius 3 is 2.82 bits per heavy atom. The first-order chi connectivity index (χ1) is 8.29. The number of aromatic nitrogens is 2. The van der Waals surface area contributed by atoms with Crippen LogP contribution in [0.4, 0.5) is 0 Å². The van der Waals surface area contributed by atoms with Gasteiger partial charge in [-0.25, -0.2) is 4.98 Å². The van der Waals surface area contributed by atoms with E-state index in [4.69, 9.17) is 0 Å². The van der Waals surface area contributed by atoms with E-state index >= 15 is 0 Å². The Bertz CT molecular complexity index is 462. The molecule has 0 aliphatic carbocycles. The molecule has 0 saturated heterocycles. The van der Waals surface area contributed by atoms with Crippen LogP contribution >= 0.6 is 11.3 Å². The predicted octanol–water partition coefficient (Wildman–Crippen LogP) is 3.01. The Balaban J connectivity index is 2.04. The summed E-state index contributed by atoms with van der Waals surface area (Å²) in [5, 5.41) is 4.37. The molecular formula is C13H17N3S. The fraction of sp³-hybridized carbons (Fsp3) is 0.385. The number of nitrogens with one attached hydrogen (secondary N) is 1. The molecule has 0 aliphatic rings. The Labute approximate surface area is 106 Å². The second-order valence-corrected chi connectivity index (χ2v) is 5.14. The lowest BCUT2D eigenvalue weighted by molar-refractivity contribution is 0.681. The summed E-state index contributed by atoms with van der Waals surface area (Å²) in [6, 6.07) is 4.09. The number of thiazole rings is 1. The van der Waals surface area contributed by atoms with Gasteiger partial charge in [-0.15, -0.1) is 11.3 Å². The molecule has 0 amide bonds. The number of rotatable bonds is 5. The van der Waals surface area contributed by atoms with E-state index in [1.807, 2.05) is 25.4 Å². The van der Waals surface area contributed by atoms with Gasteiger partial charge in [0.15, 0.2) is 0 Å². The van der Waals surface area contributed by atoms with Crippen molar-refractivity contribution in [2.24, 2.45) is 0 Å². The van der Waals surface area contributed by atoms with Crippen molar-refractivity contribution in [3.8, 4) is 10.7 Å². The predicted molar refractivity (Wildman–Crippen MR) is 72.1 cm³/mol. The molecule has 0 saturated carbocycles. The molecule has 0 radical (unpaired) electrons. The zero-order chi connectivity index (χ0) is 12.1. The van der Waals surface area contributed by atoms with E-state index in [1.54, 1.807) is 11.3 Å². The third-order valence-electron chi connectivity index (χ3n) is 2.41. The van der Waals surface area contributed by atoms with E-state index in [0.717, 1.165) is 30.2 Å². The van der Waals surface area contributed by atoms with E-state index in [1.165, 1.54) is 10.4 Å². The van der Waals surface area contributed by atoms with Crippen molar-refractivity contribution in [3.05, 3.63) is 35.0 Å². The first kappa shape index (κ1) is 12.2. The van der Waals surface area contributed by atoms with Gasteiger partial charge in [0.05, 0.1) is 5.69 Å². The van der Waals surface area contributed by atoms with Gasteiger partial charge in [-0.1, -0.05) is 13.0 Å². The highest BCUT2D eigenvalue weighted by Crippen LogP contribution is 2.23. The number of nitrogens with zero attached hydrogens (tertiary/aromatic N) is 2. The largest absolute Gasteiger partial charge is 0.312 e. The monoisotopic (exact) mass is 247 g/mol. The van der Waals surface area contributed by atoms with E-state index in [9.17, 15) is 0 Å². The fourth-order valence-electron chi connectivity index (χ4n) is 1.49. The van der Waals surface area contributed by atoms with Crippen molar-refractivity contribution in [2.45, 2.75) is 26.8 Å². The molecule has 90 valence electrons. The molecule has 0 aliphatic heterocycles. The maximum atomic E-state index is 4.41. The van der Waals surface area contributed by atoms with Crippen molar-refractivity contribution in [3.63, 3.8) is 0 Å². The molecule has 0 atom stereocenters. The lowest BCUT2D eigenvalue weighted by Gasteiger charge is -1.98. The lowest BCUT2D eigenvalue weighted by atomic mass is 10.3. The molecule has 4 heteroatoms. The van der Waals surface area contributed by atoms with Crippen LogP contribution in [0.2, 0.25) is 0 Å². The molecule has 2 heterocycles. The van der Waals surface area contributed by atoms with Crippen LogP contribution in [-0.4, -0.2) is 16.5 Å². The second-order valence-electron chi connectivity index (χ2n) is 4.03. The molecule has 0 fully saturated rings. The van der Waals surface area contributed by atoms with Gasteiger partial charge in [0.25, 0.3) is 0 Å². The van der Waals surface area contributed by atoms with Crippen LogP contribution in [0, 0.1) is 6.92 Å². The van der Waals surface area contributed by atoms with Gasteiger partial charge < -0.3 is 5.32 Å². The molecule has 1 N–H and O–H groups in total. The van der Waals surface area contributed by atoms with Crippen LogP contribution in [0.3, 0.4) is 0 Å². The van der Waals surface area contributed by atoms with E-state index < -0.39 is 0 Å². The molecule has 0 aromatic carbocycles. The van der Waals surface area contributed by atoms with Crippen molar-refractivity contribution < 1.29 is 0 Å². The maximum Gasteiger partial charge on any atom is 0.142 e. The minimum Gasteiger partial charge on any atom is -0.312 e. The van der Waals surface area contributed by atoms with Crippen LogP contribution in [-0.2, 0) is 6.54 Å². The van der Waals surface area contributed by atoms with Gasteiger partial charge in [0.1, 0.15) is 5.01 Å². The normalized spacial score (nSPS) is 10.7. The summed E-state index contributed by atoms with van der Waals surface area (Å²) < 4.78 is 0. The topological polar surface area (TPSA) is 37.8 Å². The van der Waals surface area contributed by atoms with Gasteiger partial charge in [0.2, 0.25) is 0 Å². The molecular weight excluding hydrogens is 230 g/mol. The Kier molecular flexibility index (Phi) is 4.23. The van der Waals surface area contributed by atoms with Crippen molar-refractivity contribution in [2.75, 3.05) is 6.54 Å². The van der Waals surface area contributed by atoms with E-state index in [2.05, 4.69) is 28.3 Å². The summed E-state index contributed by atoms with van der Waals surface area (Å²) in [5.41, 5.74) is 2.14. The zero-order valence-corrected chi connectivity index (χ0v) is 11.0. The van der Waals surface area contributed by atoms with Crippen LogP contribution in [0.5, 0.6) is 0 Å². The fourth-order valence-corrected chi connectivity index (χ4v) is 2.35. The van der Waals surface area contributed by atoms with Crippen LogP contribution < -0.4 is 5.32 Å². The Hall–Kier alpha value is -1.26. The van der Waals surface area contributed by atoms with Gasteiger partial charge in [0, 0.05) is 23.8 Å². The number of hydrogen-bond donors (Lipinski definition) is 1. The minimum absolute atomic E-state index is 0.900. The molecule has 2 aromatic rings. The Morgan fingerprint density at radius 1 is 1.24 bits per heavy atom. The first-order valence-electron chi connectivity index (χ1n) is 5.88. The molecule has 0 spiro atoms. The number of hydrogen-bond acceptors (Lipinski definition) is 4. The molecule has 0 bridgehead atoms. The SMILES string of the molecule is CCCNCc1cnc(-c2ccc(C)cn2)s1. The van der Waals surface area contributed by atoms with Gasteiger partial charge in [-0.2, -0.15) is 0 Å². The molecule has 0 unspecified atom stereocenters. The summed E-state index contributed by atoms with van der Waals surface area (Å²) >= 11 is 1.71. The standard InChI is InChI=1S/C13H17N3S/c1-3-6-14-8-11-9-16-13(17-11)12-5-4-10(2)7-15-12/h4-5,7,9,14H,3,6,8H2,1-2H3. The highest BCUT2D eigenvalue weighted by Gasteiger charge is 2.05. The maximum absolute atomic E-state index is 4.41. The van der Waals surface area contributed by atoms with E-state index in [-0.39, 0.29) is 0 Å². The van der Waals surface area contributed by atoms with Crippen molar-refractivity contribution in [1.29, 1.82) is 0 Å². The summed E-state index contributed by atoms with van der Waals surface area (Å²) in [6.45, 7) is 6.16. The molecule has 2 rings (SSSR count). The first-order valence-corrected chi connectivity index (χ1v) is 6.69. The number of pyridine rings is 1. The van der Waals surface area contributed by atoms with E-state index in [0.29, 0.717) is 0 Å². The average molecular weight is 247 g/mol. The summed E-state index contributed by atoms with van der Waals surface area (Å²) in [7, 11) is 0. The average Bonchev–Trinajstić information content (AvgIpc) is 2.79. The van der Waals surface area contributed by atoms with Crippen molar-refractivity contribution >= 4 is 11.3 Å². The third-order valence-corrected chi connectivity index (χ3v) is 3.43. The summed E-state index contributed by atoms with van der Waals surface area (Å²) in [4.78, 5) is 10.1. The third kappa shape index (κ3) is 3.35. The quantitative estimate of drug-likeness (QED) is 0.825. The highest BCUT2D eigenvalue weighted by atomic mass is 32.1. The minimum atomic E-state index is 0.900. The van der Waals surface area contributed by atoms with Crippen LogP contribution in [0.25, 0.3) is 10.7 Å². The molecule has 2 aromatic heterocycles. The zero-order valence-electron chi connectivity index (χ0n) is 10.2. The second kappa shape index (κ2) is 5.89. The summed E-state index contributed by atoms with van der Waals surface area (Å²) in [5.74, 6) is 0. The smallest absolute Gasteiger partial charge is 0.142 e. The molecule has 17 heavy (non-hydrogen) atoms. The van der Waals surface area contributed by atoms with Crippen molar-refractivity contribution in [1.82, 2.24) is 15.3 Å². The van der Waals surface area contributed by atoms with Crippen LogP contribution in [0.1, 0.15) is 23.8 Å². The van der Waals surface area contributed by atoms with Gasteiger partial charge >= 0.3 is 0 Å². The lowest BCUT2D eigenvalue weighted by Crippen LogP contribution is -2.12. The summed E-state index contributed by atoms with van der Waals surface area (Å²) in [6.07, 6.45) is 4.97. The van der Waals surface area contributed by atoms with Gasteiger partial charge in [-0.3, -0.25) is 4.98 Å².